The van der Waals surface area contributed by atoms with Gasteiger partial charge in [0.2, 0.25) is 0 Å². The Kier molecular flexibility index (Phi) is 4.87. The van der Waals surface area contributed by atoms with Crippen molar-refractivity contribution in [3.63, 3.8) is 0 Å². The Morgan fingerprint density at radius 2 is 2.04 bits per heavy atom. The van der Waals surface area contributed by atoms with Crippen molar-refractivity contribution < 1.29 is 0 Å². The molecule has 2 bridgehead atoms. The third kappa shape index (κ3) is 3.09. The van der Waals surface area contributed by atoms with Crippen molar-refractivity contribution in [3.05, 3.63) is 40.3 Å². The zero-order chi connectivity index (χ0) is 15.3. The molecule has 2 aromatic rings. The Morgan fingerprint density at radius 1 is 1.22 bits per heavy atom. The first-order valence-corrected chi connectivity index (χ1v) is 9.34. The molecular formula is C20H26ClNS. The zero-order valence-electron chi connectivity index (χ0n) is 14.3. The molecule has 3 heteroatoms. The van der Waals surface area contributed by atoms with Crippen LogP contribution in [-0.2, 0) is 0 Å². The highest BCUT2D eigenvalue weighted by atomic mass is 35.5. The molecule has 2 aliphatic carbocycles. The molecule has 1 saturated carbocycles. The maximum absolute atomic E-state index is 2.46. The summed E-state index contributed by atoms with van der Waals surface area (Å²) in [4.78, 5) is 2.34. The molecule has 0 N–H and O–H groups in total. The van der Waals surface area contributed by atoms with Gasteiger partial charge in [0.25, 0.3) is 0 Å². The molecule has 1 heterocycles. The number of thiophene rings is 1. The van der Waals surface area contributed by atoms with Crippen LogP contribution in [0.1, 0.15) is 36.8 Å². The van der Waals surface area contributed by atoms with Crippen LogP contribution in [0.3, 0.4) is 0 Å². The van der Waals surface area contributed by atoms with Crippen LogP contribution in [-0.4, -0.2) is 25.5 Å². The summed E-state index contributed by atoms with van der Waals surface area (Å²) in [6.07, 6.45) is 5.58. The Hall–Kier alpha value is -0.830. The minimum absolute atomic E-state index is 0. The van der Waals surface area contributed by atoms with Crippen LogP contribution in [0.2, 0.25) is 0 Å². The first-order valence-electron chi connectivity index (χ1n) is 8.46. The third-order valence-corrected chi connectivity index (χ3v) is 6.53. The summed E-state index contributed by atoms with van der Waals surface area (Å²) in [7, 11) is 4.40. The topological polar surface area (TPSA) is 3.24 Å². The quantitative estimate of drug-likeness (QED) is 0.681. The van der Waals surface area contributed by atoms with E-state index in [0.29, 0.717) is 0 Å². The predicted octanol–water partition coefficient (Wildman–Crippen LogP) is 5.77. The van der Waals surface area contributed by atoms with Crippen molar-refractivity contribution in [1.29, 1.82) is 0 Å². The molecule has 0 aliphatic heterocycles. The molecule has 1 nitrogen and oxygen atoms in total. The molecule has 1 fully saturated rings. The molecule has 23 heavy (non-hydrogen) atoms. The summed E-state index contributed by atoms with van der Waals surface area (Å²) in [6.45, 7) is 3.37. The van der Waals surface area contributed by atoms with E-state index < -0.39 is 0 Å². The van der Waals surface area contributed by atoms with Gasteiger partial charge in [-0.1, -0.05) is 11.6 Å². The van der Waals surface area contributed by atoms with Gasteiger partial charge in [0.15, 0.2) is 0 Å². The number of rotatable bonds is 3. The molecule has 0 radical (unpaired) electrons. The second-order valence-electron chi connectivity index (χ2n) is 7.46. The van der Waals surface area contributed by atoms with Gasteiger partial charge in [-0.25, -0.2) is 0 Å². The van der Waals surface area contributed by atoms with E-state index in [-0.39, 0.29) is 12.4 Å². The van der Waals surface area contributed by atoms with Gasteiger partial charge in [-0.2, -0.15) is 0 Å². The highest BCUT2D eigenvalue weighted by Gasteiger charge is 2.35. The highest BCUT2D eigenvalue weighted by molar-refractivity contribution is 7.17. The van der Waals surface area contributed by atoms with Gasteiger partial charge in [0.1, 0.15) is 0 Å². The van der Waals surface area contributed by atoms with Gasteiger partial charge in [0.05, 0.1) is 0 Å². The SMILES string of the molecule is Cc1csc2ccc(C3=C(CN(C)C)C[C@@H]4CC[C@H]3C4)cc12.Cl. The minimum Gasteiger partial charge on any atom is -0.305 e. The third-order valence-electron chi connectivity index (χ3n) is 5.45. The molecule has 1 aromatic carbocycles. The largest absolute Gasteiger partial charge is 0.305 e. The van der Waals surface area contributed by atoms with Crippen LogP contribution in [0.25, 0.3) is 15.7 Å². The number of likely N-dealkylation sites (N-methyl/N-ethyl adjacent to an activating group) is 1. The fourth-order valence-electron chi connectivity index (χ4n) is 4.56. The molecule has 0 saturated heterocycles. The Balaban J connectivity index is 0.00000156. The van der Waals surface area contributed by atoms with Crippen molar-refractivity contribution in [2.24, 2.45) is 11.8 Å². The van der Waals surface area contributed by atoms with Crippen molar-refractivity contribution >= 4 is 39.4 Å². The van der Waals surface area contributed by atoms with Gasteiger partial charge in [0, 0.05) is 11.2 Å². The lowest BCUT2D eigenvalue weighted by Crippen LogP contribution is -2.21. The van der Waals surface area contributed by atoms with E-state index in [2.05, 4.69) is 49.5 Å². The van der Waals surface area contributed by atoms with E-state index >= 15 is 0 Å². The lowest BCUT2D eigenvalue weighted by Gasteiger charge is -2.29. The van der Waals surface area contributed by atoms with Gasteiger partial charge in [-0.3, -0.25) is 0 Å². The number of halogens is 1. The fourth-order valence-corrected chi connectivity index (χ4v) is 5.49. The Labute approximate surface area is 149 Å². The average Bonchev–Trinajstić information content (AvgIpc) is 3.03. The maximum Gasteiger partial charge on any atom is 0.0345 e. The van der Waals surface area contributed by atoms with Crippen molar-refractivity contribution in [2.45, 2.75) is 32.6 Å². The second kappa shape index (κ2) is 6.58. The first kappa shape index (κ1) is 17.0. The van der Waals surface area contributed by atoms with Crippen LogP contribution in [0.4, 0.5) is 0 Å². The maximum atomic E-state index is 2.46. The fraction of sp³-hybridized carbons (Fsp3) is 0.500. The number of nitrogens with zero attached hydrogens (tertiary/aromatic N) is 1. The predicted molar refractivity (Wildman–Crippen MR) is 105 cm³/mol. The number of hydrogen-bond donors (Lipinski definition) is 0. The molecule has 0 amide bonds. The molecule has 4 rings (SSSR count). The van der Waals surface area contributed by atoms with E-state index in [1.807, 2.05) is 11.3 Å². The van der Waals surface area contributed by atoms with Crippen molar-refractivity contribution in [3.8, 4) is 0 Å². The number of fused-ring (bicyclic) bond motifs is 3. The van der Waals surface area contributed by atoms with Gasteiger partial charge in [-0.15, -0.1) is 23.7 Å². The summed E-state index contributed by atoms with van der Waals surface area (Å²) in [5.41, 5.74) is 6.32. The van der Waals surface area contributed by atoms with E-state index in [9.17, 15) is 0 Å². The molecule has 0 spiro atoms. The summed E-state index contributed by atoms with van der Waals surface area (Å²) in [6, 6.07) is 7.18. The minimum atomic E-state index is 0. The summed E-state index contributed by atoms with van der Waals surface area (Å²) < 4.78 is 1.43. The molecule has 2 atom stereocenters. The number of benzene rings is 1. The van der Waals surface area contributed by atoms with E-state index in [1.165, 1.54) is 46.9 Å². The summed E-state index contributed by atoms with van der Waals surface area (Å²) in [5.74, 6) is 1.76. The van der Waals surface area contributed by atoms with Crippen molar-refractivity contribution in [1.82, 2.24) is 4.90 Å². The lowest BCUT2D eigenvalue weighted by atomic mass is 9.79. The number of allylic oxidation sites excluding steroid dienone is 1. The van der Waals surface area contributed by atoms with E-state index in [0.717, 1.165) is 18.4 Å². The van der Waals surface area contributed by atoms with Crippen molar-refractivity contribution in [2.75, 3.05) is 20.6 Å². The van der Waals surface area contributed by atoms with Gasteiger partial charge in [-0.05, 0) is 98.1 Å². The van der Waals surface area contributed by atoms with Crippen LogP contribution < -0.4 is 0 Å². The smallest absolute Gasteiger partial charge is 0.0345 e. The molecule has 2 aliphatic rings. The Morgan fingerprint density at radius 3 is 2.83 bits per heavy atom. The van der Waals surface area contributed by atoms with E-state index in [1.54, 1.807) is 11.1 Å². The second-order valence-corrected chi connectivity index (χ2v) is 8.38. The number of aryl methyl sites for hydroxylation is 1. The number of hydrogen-bond acceptors (Lipinski definition) is 2. The molecule has 1 aromatic heterocycles. The van der Waals surface area contributed by atoms with Gasteiger partial charge >= 0.3 is 0 Å². The standard InChI is InChI=1S/C20H25NS.ClH/c1-13-12-22-19-7-6-16(10-18(13)19)20-15-5-4-14(8-15)9-17(20)11-21(2)3;/h6-7,10,12,14-15H,4-5,8-9,11H2,1-3H3;1H/t14-,15+;/m1./s1. The average molecular weight is 348 g/mol. The molecule has 124 valence electrons. The molecule has 0 unspecified atom stereocenters. The summed E-state index contributed by atoms with van der Waals surface area (Å²) >= 11 is 1.87. The summed E-state index contributed by atoms with van der Waals surface area (Å²) in [5, 5.41) is 3.75. The first-order chi connectivity index (χ1) is 10.6. The lowest BCUT2D eigenvalue weighted by molar-refractivity contribution is 0.413. The van der Waals surface area contributed by atoms with Crippen LogP contribution >= 0.6 is 23.7 Å². The monoisotopic (exact) mass is 347 g/mol. The zero-order valence-corrected chi connectivity index (χ0v) is 15.9. The van der Waals surface area contributed by atoms with E-state index in [4.69, 9.17) is 0 Å². The molecular weight excluding hydrogens is 322 g/mol. The van der Waals surface area contributed by atoms with Gasteiger partial charge < -0.3 is 4.90 Å². The van der Waals surface area contributed by atoms with Crippen LogP contribution in [0, 0.1) is 18.8 Å². The highest BCUT2D eigenvalue weighted by Crippen LogP contribution is 2.49. The van der Waals surface area contributed by atoms with Crippen LogP contribution in [0.5, 0.6) is 0 Å². The Bertz CT molecular complexity index is 743. The normalized spacial score (nSPS) is 23.7. The van der Waals surface area contributed by atoms with Crippen LogP contribution in [0.15, 0.2) is 29.2 Å².